The van der Waals surface area contributed by atoms with Gasteiger partial charge in [0.2, 0.25) is 0 Å². The van der Waals surface area contributed by atoms with Gasteiger partial charge in [-0.25, -0.2) is 0 Å². The van der Waals surface area contributed by atoms with Gasteiger partial charge < -0.3 is 14.8 Å². The molecule has 0 saturated heterocycles. The molecule has 6 heteroatoms. The van der Waals surface area contributed by atoms with Crippen LogP contribution < -0.4 is 5.32 Å². The number of hydrogen-bond acceptors (Lipinski definition) is 5. The second kappa shape index (κ2) is 6.76. The number of carbonyl (C=O) groups excluding carboxylic acids is 1. The summed E-state index contributed by atoms with van der Waals surface area (Å²) in [4.78, 5) is 16.9. The molecule has 0 aromatic carbocycles. The fourth-order valence-electron chi connectivity index (χ4n) is 2.30. The minimum atomic E-state index is -0.576. The monoisotopic (exact) mass is 328 g/mol. The number of nitrogens with one attached hydrogen (secondary N) is 1. The van der Waals surface area contributed by atoms with Crippen LogP contribution in [0.2, 0.25) is 0 Å². The number of hydrogen-bond donors (Lipinski definition) is 2. The molecule has 0 saturated carbocycles. The van der Waals surface area contributed by atoms with Crippen molar-refractivity contribution in [2.45, 2.75) is 13.0 Å². The molecule has 0 bridgehead atoms. The lowest BCUT2D eigenvalue weighted by molar-refractivity contribution is 0.0906. The molecule has 23 heavy (non-hydrogen) atoms. The van der Waals surface area contributed by atoms with Gasteiger partial charge >= 0.3 is 0 Å². The van der Waals surface area contributed by atoms with Gasteiger partial charge in [0.05, 0.1) is 29.8 Å². The van der Waals surface area contributed by atoms with Gasteiger partial charge in [-0.1, -0.05) is 0 Å². The molecule has 118 valence electrons. The summed E-state index contributed by atoms with van der Waals surface area (Å²) in [6.45, 7) is 1.56. The van der Waals surface area contributed by atoms with Gasteiger partial charge in [0.1, 0.15) is 11.8 Å². The lowest BCUT2D eigenvalue weighted by Crippen LogP contribution is -2.31. The maximum atomic E-state index is 12.4. The van der Waals surface area contributed by atoms with Crippen LogP contribution in [0.5, 0.6) is 0 Å². The summed E-state index contributed by atoms with van der Waals surface area (Å²) in [6.07, 6.45) is 1.51. The summed E-state index contributed by atoms with van der Waals surface area (Å²) < 4.78 is 5.23. The Bertz CT molecular complexity index is 782. The maximum Gasteiger partial charge on any atom is 0.253 e. The van der Waals surface area contributed by atoms with Gasteiger partial charge in [0, 0.05) is 10.9 Å². The lowest BCUT2D eigenvalue weighted by Gasteiger charge is -2.15. The van der Waals surface area contributed by atoms with Crippen molar-refractivity contribution >= 4 is 17.2 Å². The number of furan rings is 1. The van der Waals surface area contributed by atoms with Crippen LogP contribution in [0.25, 0.3) is 11.3 Å². The summed E-state index contributed by atoms with van der Waals surface area (Å²) in [5.74, 6) is 0.226. The number of carbonyl (C=O) groups is 1. The van der Waals surface area contributed by atoms with E-state index in [9.17, 15) is 9.90 Å². The highest BCUT2D eigenvalue weighted by Gasteiger charge is 2.19. The Hall–Kier alpha value is -2.44. The van der Waals surface area contributed by atoms with Gasteiger partial charge in [-0.2, -0.15) is 11.3 Å². The highest BCUT2D eigenvalue weighted by molar-refractivity contribution is 7.08. The predicted octanol–water partition coefficient (Wildman–Crippen LogP) is 3.17. The molecule has 3 aromatic heterocycles. The van der Waals surface area contributed by atoms with Crippen molar-refractivity contribution in [2.24, 2.45) is 0 Å². The van der Waals surface area contributed by atoms with E-state index in [0.29, 0.717) is 17.0 Å². The van der Waals surface area contributed by atoms with Crippen LogP contribution in [-0.4, -0.2) is 22.6 Å². The van der Waals surface area contributed by atoms with Crippen molar-refractivity contribution in [3.63, 3.8) is 0 Å². The van der Waals surface area contributed by atoms with Crippen molar-refractivity contribution in [3.05, 3.63) is 64.4 Å². The molecule has 1 unspecified atom stereocenters. The van der Waals surface area contributed by atoms with Crippen LogP contribution in [-0.2, 0) is 0 Å². The van der Waals surface area contributed by atoms with Crippen LogP contribution in [0.15, 0.2) is 51.8 Å². The average molecular weight is 328 g/mol. The first-order valence-electron chi connectivity index (χ1n) is 7.14. The Kier molecular flexibility index (Phi) is 4.55. The molecule has 0 fully saturated rings. The van der Waals surface area contributed by atoms with Gasteiger partial charge in [-0.05, 0) is 42.6 Å². The molecule has 1 atom stereocenters. The molecule has 3 rings (SSSR count). The van der Waals surface area contributed by atoms with E-state index in [1.807, 2.05) is 22.9 Å². The van der Waals surface area contributed by atoms with Crippen LogP contribution in [0.4, 0.5) is 0 Å². The number of aryl methyl sites for hydroxylation is 1. The molecule has 0 aliphatic carbocycles. The number of rotatable bonds is 5. The third kappa shape index (κ3) is 3.33. The Labute approximate surface area is 137 Å². The van der Waals surface area contributed by atoms with Crippen LogP contribution in [0.1, 0.15) is 27.9 Å². The first-order valence-corrected chi connectivity index (χ1v) is 8.08. The van der Waals surface area contributed by atoms with E-state index in [4.69, 9.17) is 4.42 Å². The average Bonchev–Trinajstić information content (AvgIpc) is 3.25. The zero-order valence-electron chi connectivity index (χ0n) is 12.5. The summed E-state index contributed by atoms with van der Waals surface area (Å²) in [7, 11) is 0. The number of pyridine rings is 1. The van der Waals surface area contributed by atoms with E-state index in [0.717, 1.165) is 11.3 Å². The number of aliphatic hydroxyl groups excluding tert-OH is 1. The molecule has 3 aromatic rings. The smallest absolute Gasteiger partial charge is 0.253 e. The largest absolute Gasteiger partial charge is 0.467 e. The molecule has 5 nitrogen and oxygen atoms in total. The molecule has 0 spiro atoms. The second-order valence-electron chi connectivity index (χ2n) is 5.07. The van der Waals surface area contributed by atoms with Crippen molar-refractivity contribution in [3.8, 4) is 11.3 Å². The van der Waals surface area contributed by atoms with Gasteiger partial charge in [-0.3, -0.25) is 9.78 Å². The van der Waals surface area contributed by atoms with E-state index < -0.39 is 6.04 Å². The topological polar surface area (TPSA) is 75.4 Å². The van der Waals surface area contributed by atoms with Crippen molar-refractivity contribution in [2.75, 3.05) is 6.61 Å². The second-order valence-corrected chi connectivity index (χ2v) is 5.85. The Morgan fingerprint density at radius 1 is 1.39 bits per heavy atom. The molecule has 1 amide bonds. The van der Waals surface area contributed by atoms with Gasteiger partial charge in [-0.15, -0.1) is 0 Å². The van der Waals surface area contributed by atoms with Crippen LogP contribution in [0.3, 0.4) is 0 Å². The van der Waals surface area contributed by atoms with Gasteiger partial charge in [0.25, 0.3) is 5.91 Å². The molecule has 2 N–H and O–H groups in total. The summed E-state index contributed by atoms with van der Waals surface area (Å²) >= 11 is 1.60. The fourth-order valence-corrected chi connectivity index (χ4v) is 2.95. The standard InChI is InChI=1S/C17H16N2O3S/c1-11-13(4-5-14(18-11)12-6-8-23-10-12)17(21)19-15(9-20)16-3-2-7-22-16/h2-8,10,15,20H,9H2,1H3,(H,19,21). The molecular formula is C17H16N2O3S. The highest BCUT2D eigenvalue weighted by Crippen LogP contribution is 2.22. The first-order chi connectivity index (χ1) is 11.2. The molecule has 3 heterocycles. The Balaban J connectivity index is 1.79. The van der Waals surface area contributed by atoms with E-state index in [2.05, 4.69) is 10.3 Å². The van der Waals surface area contributed by atoms with E-state index in [-0.39, 0.29) is 12.5 Å². The molecule has 0 radical (unpaired) electrons. The number of aromatic nitrogens is 1. The first kappa shape index (κ1) is 15.5. The fraction of sp³-hybridized carbons (Fsp3) is 0.176. The number of aliphatic hydroxyl groups is 1. The third-order valence-corrected chi connectivity index (χ3v) is 4.21. The number of amides is 1. The van der Waals surface area contributed by atoms with Crippen molar-refractivity contribution in [1.82, 2.24) is 10.3 Å². The van der Waals surface area contributed by atoms with Crippen LogP contribution >= 0.6 is 11.3 Å². The summed E-state index contributed by atoms with van der Waals surface area (Å²) in [5, 5.41) is 16.2. The van der Waals surface area contributed by atoms with E-state index >= 15 is 0 Å². The van der Waals surface area contributed by atoms with E-state index in [1.54, 1.807) is 36.5 Å². The Morgan fingerprint density at radius 3 is 2.87 bits per heavy atom. The third-order valence-electron chi connectivity index (χ3n) is 3.52. The molecule has 0 aliphatic heterocycles. The predicted molar refractivity (Wildman–Crippen MR) is 88.3 cm³/mol. The van der Waals surface area contributed by atoms with Crippen molar-refractivity contribution in [1.29, 1.82) is 0 Å². The number of nitrogens with zero attached hydrogens (tertiary/aromatic N) is 1. The van der Waals surface area contributed by atoms with E-state index in [1.165, 1.54) is 6.26 Å². The van der Waals surface area contributed by atoms with Crippen molar-refractivity contribution < 1.29 is 14.3 Å². The molecule has 0 aliphatic rings. The normalized spacial score (nSPS) is 12.1. The highest BCUT2D eigenvalue weighted by atomic mass is 32.1. The number of thiophene rings is 1. The SMILES string of the molecule is Cc1nc(-c2ccsc2)ccc1C(=O)NC(CO)c1ccco1. The summed E-state index contributed by atoms with van der Waals surface area (Å²) in [6, 6.07) is 8.42. The van der Waals surface area contributed by atoms with Crippen LogP contribution in [0, 0.1) is 6.92 Å². The zero-order chi connectivity index (χ0) is 16.2. The molecular weight excluding hydrogens is 312 g/mol. The lowest BCUT2D eigenvalue weighted by atomic mass is 10.1. The Morgan fingerprint density at radius 2 is 2.26 bits per heavy atom. The maximum absolute atomic E-state index is 12.4. The minimum absolute atomic E-state index is 0.237. The summed E-state index contributed by atoms with van der Waals surface area (Å²) in [5.41, 5.74) is 3.00. The quantitative estimate of drug-likeness (QED) is 0.754. The zero-order valence-corrected chi connectivity index (χ0v) is 13.3. The minimum Gasteiger partial charge on any atom is -0.467 e. The van der Waals surface area contributed by atoms with Gasteiger partial charge in [0.15, 0.2) is 0 Å².